The van der Waals surface area contributed by atoms with Gasteiger partial charge in [-0.25, -0.2) is 9.37 Å². The number of allylic oxidation sites excluding steroid dienone is 2. The van der Waals surface area contributed by atoms with Crippen molar-refractivity contribution in [1.29, 1.82) is 0 Å². The summed E-state index contributed by atoms with van der Waals surface area (Å²) in [5.41, 5.74) is 1.94. The molecule has 2 heterocycles. The van der Waals surface area contributed by atoms with Gasteiger partial charge in [0.25, 0.3) is 5.91 Å². The number of hydrogen-bond acceptors (Lipinski definition) is 6. The molecule has 8 heteroatoms. The van der Waals surface area contributed by atoms with Gasteiger partial charge in [0.2, 0.25) is 0 Å². The molecule has 1 aliphatic heterocycles. The molecule has 1 aromatic carbocycles. The maximum Gasteiger partial charge on any atom is 0.259 e. The lowest BCUT2D eigenvalue weighted by Gasteiger charge is -2.12. The lowest BCUT2D eigenvalue weighted by atomic mass is 10.1. The molecule has 130 valence electrons. The zero-order valence-electron chi connectivity index (χ0n) is 13.3. The number of aliphatic hydroxyl groups is 1. The first-order valence-corrected chi connectivity index (χ1v) is 8.35. The first-order chi connectivity index (χ1) is 12.1. The molecule has 0 aliphatic carbocycles. The minimum Gasteiger partial charge on any atom is -0.494 e. The molecule has 1 aromatic heterocycles. The third-order valence-electron chi connectivity index (χ3n) is 3.59. The van der Waals surface area contributed by atoms with Crippen molar-refractivity contribution in [2.75, 3.05) is 19.0 Å². The molecule has 3 N–H and O–H groups in total. The number of carbonyl (C=O) groups is 1. The van der Waals surface area contributed by atoms with Crippen LogP contribution in [-0.4, -0.2) is 29.7 Å². The minimum absolute atomic E-state index is 0.0366. The Hall–Kier alpha value is -2.71. The summed E-state index contributed by atoms with van der Waals surface area (Å²) in [4.78, 5) is 16.6. The summed E-state index contributed by atoms with van der Waals surface area (Å²) in [6.45, 7) is 0.718. The molecule has 25 heavy (non-hydrogen) atoms. The number of methoxy groups -OCH3 is 1. The number of amides is 1. The summed E-state index contributed by atoms with van der Waals surface area (Å²) in [7, 11) is 1.32. The molecule has 2 aromatic rings. The van der Waals surface area contributed by atoms with Crippen LogP contribution in [0.5, 0.6) is 5.75 Å². The molecule has 1 atom stereocenters. The molecule has 1 aliphatic rings. The van der Waals surface area contributed by atoms with E-state index in [4.69, 9.17) is 4.74 Å². The number of thiazole rings is 1. The fourth-order valence-electron chi connectivity index (χ4n) is 2.28. The Morgan fingerprint density at radius 3 is 3.08 bits per heavy atom. The van der Waals surface area contributed by atoms with E-state index in [-0.39, 0.29) is 11.3 Å². The molecular formula is C17H16FN3O3S. The number of aromatic nitrogens is 1. The van der Waals surface area contributed by atoms with Crippen LogP contribution < -0.4 is 15.4 Å². The third-order valence-corrected chi connectivity index (χ3v) is 4.35. The van der Waals surface area contributed by atoms with E-state index in [1.165, 1.54) is 30.6 Å². The van der Waals surface area contributed by atoms with Crippen LogP contribution in [0.1, 0.15) is 17.4 Å². The van der Waals surface area contributed by atoms with Crippen molar-refractivity contribution in [2.24, 2.45) is 0 Å². The Morgan fingerprint density at radius 2 is 2.36 bits per heavy atom. The van der Waals surface area contributed by atoms with Gasteiger partial charge >= 0.3 is 0 Å². The number of hydrogen-bond donors (Lipinski definition) is 3. The van der Waals surface area contributed by atoms with Crippen molar-refractivity contribution in [3.63, 3.8) is 0 Å². The number of halogens is 1. The standard InChI is InChI=1S/C17H16FN3O3S/c1-24-14-8-11(2-3-12(14)18)15(22)16(23)21-17-20-13(9-25-17)10-4-6-19-7-5-10/h2-6,8-9,15,19,22H,7H2,1H3,(H,20,21,23). The predicted molar refractivity (Wildman–Crippen MR) is 93.8 cm³/mol. The first kappa shape index (κ1) is 17.1. The van der Waals surface area contributed by atoms with E-state index in [0.29, 0.717) is 5.13 Å². The summed E-state index contributed by atoms with van der Waals surface area (Å²) >= 11 is 1.26. The summed E-state index contributed by atoms with van der Waals surface area (Å²) in [6, 6.07) is 3.76. The summed E-state index contributed by atoms with van der Waals surface area (Å²) < 4.78 is 18.3. The number of ether oxygens (including phenoxy) is 1. The van der Waals surface area contributed by atoms with E-state index < -0.39 is 17.8 Å². The van der Waals surface area contributed by atoms with Crippen molar-refractivity contribution in [3.05, 3.63) is 59.0 Å². The van der Waals surface area contributed by atoms with Crippen LogP contribution in [0.4, 0.5) is 9.52 Å². The highest BCUT2D eigenvalue weighted by molar-refractivity contribution is 7.14. The molecule has 0 spiro atoms. The fourth-order valence-corrected chi connectivity index (χ4v) is 3.00. The van der Waals surface area contributed by atoms with Crippen molar-refractivity contribution < 1.29 is 19.0 Å². The van der Waals surface area contributed by atoms with E-state index in [2.05, 4.69) is 15.6 Å². The average molecular weight is 361 g/mol. The second-order valence-electron chi connectivity index (χ2n) is 5.22. The summed E-state index contributed by atoms with van der Waals surface area (Å²) in [5.74, 6) is -1.25. The van der Waals surface area contributed by atoms with Gasteiger partial charge in [-0.15, -0.1) is 11.3 Å². The van der Waals surface area contributed by atoms with Crippen LogP contribution in [-0.2, 0) is 4.79 Å². The molecule has 0 radical (unpaired) electrons. The van der Waals surface area contributed by atoms with Crippen LogP contribution in [0.2, 0.25) is 0 Å². The molecule has 0 fully saturated rings. The molecule has 6 nitrogen and oxygen atoms in total. The number of carbonyl (C=O) groups excluding carboxylic acids is 1. The third kappa shape index (κ3) is 3.86. The molecule has 1 unspecified atom stereocenters. The first-order valence-electron chi connectivity index (χ1n) is 7.47. The molecular weight excluding hydrogens is 345 g/mol. The van der Waals surface area contributed by atoms with Gasteiger partial charge in [0.05, 0.1) is 12.8 Å². The van der Waals surface area contributed by atoms with Crippen LogP contribution in [0.15, 0.2) is 41.9 Å². The molecule has 0 bridgehead atoms. The van der Waals surface area contributed by atoms with E-state index in [9.17, 15) is 14.3 Å². The largest absolute Gasteiger partial charge is 0.494 e. The zero-order valence-corrected chi connectivity index (χ0v) is 14.1. The van der Waals surface area contributed by atoms with Gasteiger partial charge in [-0.3, -0.25) is 10.1 Å². The Labute approximate surface area is 147 Å². The van der Waals surface area contributed by atoms with Gasteiger partial charge in [-0.05, 0) is 30.0 Å². The van der Waals surface area contributed by atoms with Gasteiger partial charge in [0, 0.05) is 17.5 Å². The van der Waals surface area contributed by atoms with Crippen molar-refractivity contribution in [2.45, 2.75) is 6.10 Å². The van der Waals surface area contributed by atoms with Crippen molar-refractivity contribution >= 4 is 27.9 Å². The maximum atomic E-state index is 13.4. The number of benzene rings is 1. The monoisotopic (exact) mass is 361 g/mol. The Morgan fingerprint density at radius 1 is 1.52 bits per heavy atom. The second kappa shape index (κ2) is 7.45. The quantitative estimate of drug-likeness (QED) is 0.762. The van der Waals surface area contributed by atoms with Crippen LogP contribution >= 0.6 is 11.3 Å². The minimum atomic E-state index is -1.46. The highest BCUT2D eigenvalue weighted by Crippen LogP contribution is 2.26. The molecule has 0 saturated heterocycles. The molecule has 1 amide bonds. The van der Waals surface area contributed by atoms with Crippen molar-refractivity contribution in [1.82, 2.24) is 10.3 Å². The van der Waals surface area contributed by atoms with Crippen LogP contribution in [0.25, 0.3) is 5.57 Å². The van der Waals surface area contributed by atoms with E-state index >= 15 is 0 Å². The SMILES string of the molecule is COc1cc(C(O)C(=O)Nc2nc(C3=CCNC=C3)cs2)ccc1F. The number of rotatable bonds is 5. The summed E-state index contributed by atoms with van der Waals surface area (Å²) in [5, 5.41) is 18.0. The van der Waals surface area contributed by atoms with Crippen molar-refractivity contribution in [3.8, 4) is 5.75 Å². The van der Waals surface area contributed by atoms with Gasteiger partial charge in [-0.2, -0.15) is 0 Å². The van der Waals surface area contributed by atoms with E-state index in [1.54, 1.807) is 0 Å². The van der Waals surface area contributed by atoms with Gasteiger partial charge in [0.15, 0.2) is 22.8 Å². The normalized spacial score (nSPS) is 14.4. The highest BCUT2D eigenvalue weighted by Gasteiger charge is 2.20. The second-order valence-corrected chi connectivity index (χ2v) is 6.08. The lowest BCUT2D eigenvalue weighted by molar-refractivity contribution is -0.124. The average Bonchev–Trinajstić information content (AvgIpc) is 3.10. The van der Waals surface area contributed by atoms with Gasteiger partial charge < -0.3 is 15.2 Å². The Kier molecular flexibility index (Phi) is 5.11. The van der Waals surface area contributed by atoms with Crippen LogP contribution in [0, 0.1) is 5.82 Å². The van der Waals surface area contributed by atoms with Gasteiger partial charge in [-0.1, -0.05) is 12.1 Å². The van der Waals surface area contributed by atoms with E-state index in [1.807, 2.05) is 23.7 Å². The zero-order chi connectivity index (χ0) is 17.8. The number of nitrogens with zero attached hydrogens (tertiary/aromatic N) is 1. The topological polar surface area (TPSA) is 83.5 Å². The predicted octanol–water partition coefficient (Wildman–Crippen LogP) is 2.46. The lowest BCUT2D eigenvalue weighted by Crippen LogP contribution is -2.20. The number of anilines is 1. The fraction of sp³-hybridized carbons (Fsp3) is 0.176. The van der Waals surface area contributed by atoms with Crippen LogP contribution in [0.3, 0.4) is 0 Å². The molecule has 0 saturated carbocycles. The molecule has 3 rings (SSSR count). The van der Waals surface area contributed by atoms with Gasteiger partial charge in [0.1, 0.15) is 0 Å². The highest BCUT2D eigenvalue weighted by atomic mass is 32.1. The summed E-state index contributed by atoms with van der Waals surface area (Å²) in [6.07, 6.45) is 4.25. The Balaban J connectivity index is 1.70. The number of aliphatic hydroxyl groups excluding tert-OH is 1. The van der Waals surface area contributed by atoms with E-state index in [0.717, 1.165) is 23.9 Å². The number of dihydropyridines is 1. The smallest absolute Gasteiger partial charge is 0.259 e. The number of nitrogens with one attached hydrogen (secondary N) is 2. The Bertz CT molecular complexity index is 847. The maximum absolute atomic E-state index is 13.4.